The molecule has 0 saturated heterocycles. The highest BCUT2D eigenvalue weighted by atomic mass is 19.4. The van der Waals surface area contributed by atoms with Gasteiger partial charge in [0.25, 0.3) is 0 Å². The van der Waals surface area contributed by atoms with Crippen LogP contribution in [0.25, 0.3) is 6.08 Å². The number of rotatable bonds is 3. The molecule has 0 amide bonds. The van der Waals surface area contributed by atoms with E-state index >= 15 is 0 Å². The summed E-state index contributed by atoms with van der Waals surface area (Å²) in [4.78, 5) is 12.0. The molecule has 0 saturated carbocycles. The van der Waals surface area contributed by atoms with Crippen LogP contribution in [0.15, 0.2) is 36.4 Å². The van der Waals surface area contributed by atoms with E-state index in [1.165, 1.54) is 24.3 Å². The lowest BCUT2D eigenvalue weighted by Crippen LogP contribution is -2.06. The van der Waals surface area contributed by atoms with Crippen LogP contribution in [0.3, 0.4) is 0 Å². The average Bonchev–Trinajstić information content (AvgIpc) is 2.79. The number of hydrogen-bond donors (Lipinski definition) is 0. The molecule has 0 bridgehead atoms. The van der Waals surface area contributed by atoms with Crippen molar-refractivity contribution in [3.05, 3.63) is 64.5 Å². The van der Waals surface area contributed by atoms with Gasteiger partial charge in [0.15, 0.2) is 5.78 Å². The lowest BCUT2D eigenvalue weighted by atomic mass is 10.1. The zero-order valence-electron chi connectivity index (χ0n) is 12.5. The standard InChI is InChI=1S/C17H13F3N2O/c1-11-12(9-15(10-21)22(11)2)6-7-16(23)13-4-3-5-14(8-13)17(18,19)20/h3-9H,1-2H3/b7-6+. The van der Waals surface area contributed by atoms with E-state index in [2.05, 4.69) is 0 Å². The van der Waals surface area contributed by atoms with E-state index in [9.17, 15) is 18.0 Å². The zero-order valence-corrected chi connectivity index (χ0v) is 12.5. The number of aromatic nitrogens is 1. The topological polar surface area (TPSA) is 45.8 Å². The van der Waals surface area contributed by atoms with Crippen molar-refractivity contribution in [1.29, 1.82) is 5.26 Å². The summed E-state index contributed by atoms with van der Waals surface area (Å²) in [5, 5.41) is 8.95. The van der Waals surface area contributed by atoms with E-state index in [4.69, 9.17) is 5.26 Å². The van der Waals surface area contributed by atoms with Crippen LogP contribution in [0, 0.1) is 18.3 Å². The number of nitrogens with zero attached hydrogens (tertiary/aromatic N) is 2. The minimum Gasteiger partial charge on any atom is -0.339 e. The van der Waals surface area contributed by atoms with E-state index in [0.29, 0.717) is 11.3 Å². The molecule has 6 heteroatoms. The first-order chi connectivity index (χ1) is 10.7. The Kier molecular flexibility index (Phi) is 4.41. The summed E-state index contributed by atoms with van der Waals surface area (Å²) < 4.78 is 39.7. The van der Waals surface area contributed by atoms with E-state index in [0.717, 1.165) is 17.8 Å². The fraction of sp³-hybridized carbons (Fsp3) is 0.176. The third-order valence-electron chi connectivity index (χ3n) is 3.58. The van der Waals surface area contributed by atoms with Gasteiger partial charge in [-0.3, -0.25) is 4.79 Å². The van der Waals surface area contributed by atoms with Gasteiger partial charge < -0.3 is 4.57 Å². The van der Waals surface area contributed by atoms with E-state index in [-0.39, 0.29) is 5.56 Å². The number of benzene rings is 1. The first-order valence-corrected chi connectivity index (χ1v) is 6.70. The van der Waals surface area contributed by atoms with Crippen LogP contribution in [-0.4, -0.2) is 10.4 Å². The highest BCUT2D eigenvalue weighted by Gasteiger charge is 2.30. The van der Waals surface area contributed by atoms with Gasteiger partial charge >= 0.3 is 6.18 Å². The molecule has 0 aliphatic carbocycles. The molecule has 23 heavy (non-hydrogen) atoms. The highest BCUT2D eigenvalue weighted by Crippen LogP contribution is 2.29. The maximum absolute atomic E-state index is 12.7. The minimum absolute atomic E-state index is 0.0369. The Labute approximate surface area is 131 Å². The second kappa shape index (κ2) is 6.13. The maximum atomic E-state index is 12.7. The van der Waals surface area contributed by atoms with Gasteiger partial charge in [-0.2, -0.15) is 18.4 Å². The Bertz CT molecular complexity index is 823. The number of carbonyl (C=O) groups excluding carboxylic acids is 1. The fourth-order valence-corrected chi connectivity index (χ4v) is 2.11. The van der Waals surface area contributed by atoms with Crippen molar-refractivity contribution in [2.75, 3.05) is 0 Å². The predicted molar refractivity (Wildman–Crippen MR) is 79.7 cm³/mol. The number of hydrogen-bond acceptors (Lipinski definition) is 2. The van der Waals surface area contributed by atoms with Gasteiger partial charge in [0, 0.05) is 18.3 Å². The van der Waals surface area contributed by atoms with Crippen molar-refractivity contribution in [1.82, 2.24) is 4.57 Å². The number of carbonyl (C=O) groups is 1. The molecular weight excluding hydrogens is 305 g/mol. The van der Waals surface area contributed by atoms with Crippen molar-refractivity contribution in [3.8, 4) is 6.07 Å². The first-order valence-electron chi connectivity index (χ1n) is 6.70. The summed E-state index contributed by atoms with van der Waals surface area (Å²) in [7, 11) is 1.72. The van der Waals surface area contributed by atoms with Crippen molar-refractivity contribution < 1.29 is 18.0 Å². The summed E-state index contributed by atoms with van der Waals surface area (Å²) in [6, 6.07) is 7.91. The smallest absolute Gasteiger partial charge is 0.339 e. The molecule has 1 aromatic carbocycles. The van der Waals surface area contributed by atoms with Crippen LogP contribution < -0.4 is 0 Å². The SMILES string of the molecule is Cc1c(/C=C/C(=O)c2cccc(C(F)(F)F)c2)cc(C#N)n1C. The molecule has 0 aliphatic heterocycles. The Morgan fingerprint density at radius 1 is 1.30 bits per heavy atom. The molecule has 0 atom stereocenters. The number of ketones is 1. The molecule has 0 radical (unpaired) electrons. The first kappa shape index (κ1) is 16.6. The van der Waals surface area contributed by atoms with Crippen LogP contribution in [0.5, 0.6) is 0 Å². The molecule has 2 rings (SSSR count). The Hall–Kier alpha value is -2.81. The summed E-state index contributed by atoms with van der Waals surface area (Å²) >= 11 is 0. The molecule has 0 unspecified atom stereocenters. The molecule has 1 heterocycles. The predicted octanol–water partition coefficient (Wildman–Crippen LogP) is 4.12. The summed E-state index contributed by atoms with van der Waals surface area (Å²) in [5.41, 5.74) is 0.997. The molecule has 0 aliphatic rings. The van der Waals surface area contributed by atoms with Crippen molar-refractivity contribution in [2.45, 2.75) is 13.1 Å². The van der Waals surface area contributed by atoms with Gasteiger partial charge in [0.1, 0.15) is 11.8 Å². The average molecular weight is 318 g/mol. The summed E-state index contributed by atoms with van der Waals surface area (Å²) in [6.07, 6.45) is -1.78. The van der Waals surface area contributed by atoms with Crippen LogP contribution in [0.1, 0.15) is 32.9 Å². The lowest BCUT2D eigenvalue weighted by Gasteiger charge is -2.07. The zero-order chi connectivity index (χ0) is 17.2. The normalized spacial score (nSPS) is 11.7. The van der Waals surface area contributed by atoms with Gasteiger partial charge in [-0.15, -0.1) is 0 Å². The molecule has 0 N–H and O–H groups in total. The van der Waals surface area contributed by atoms with Crippen LogP contribution in [-0.2, 0) is 13.2 Å². The van der Waals surface area contributed by atoms with Crippen molar-refractivity contribution in [3.63, 3.8) is 0 Å². The second-order valence-corrected chi connectivity index (χ2v) is 5.02. The quantitative estimate of drug-likeness (QED) is 0.631. The molecule has 118 valence electrons. The lowest BCUT2D eigenvalue weighted by molar-refractivity contribution is -0.137. The molecule has 1 aromatic heterocycles. The third kappa shape index (κ3) is 3.51. The minimum atomic E-state index is -4.49. The molecule has 0 spiro atoms. The van der Waals surface area contributed by atoms with Gasteiger partial charge in [-0.25, -0.2) is 0 Å². The van der Waals surface area contributed by atoms with Crippen LogP contribution in [0.4, 0.5) is 13.2 Å². The monoisotopic (exact) mass is 318 g/mol. The van der Waals surface area contributed by atoms with Crippen molar-refractivity contribution >= 4 is 11.9 Å². The number of halogens is 3. The van der Waals surface area contributed by atoms with Crippen molar-refractivity contribution in [2.24, 2.45) is 7.05 Å². The summed E-state index contributed by atoms with van der Waals surface area (Å²) in [5.74, 6) is -0.530. The van der Waals surface area contributed by atoms with Gasteiger partial charge in [0.05, 0.1) is 5.56 Å². The molecule has 2 aromatic rings. The van der Waals surface area contributed by atoms with Gasteiger partial charge in [0.2, 0.25) is 0 Å². The van der Waals surface area contributed by atoms with E-state index < -0.39 is 17.5 Å². The highest BCUT2D eigenvalue weighted by molar-refractivity contribution is 6.07. The van der Waals surface area contributed by atoms with Gasteiger partial charge in [-0.1, -0.05) is 12.1 Å². The fourth-order valence-electron chi connectivity index (χ4n) is 2.11. The number of alkyl halides is 3. The molecular formula is C17H13F3N2O. The Balaban J connectivity index is 2.28. The van der Waals surface area contributed by atoms with Gasteiger partial charge in [-0.05, 0) is 42.8 Å². The second-order valence-electron chi connectivity index (χ2n) is 5.02. The molecule has 3 nitrogen and oxygen atoms in total. The summed E-state index contributed by atoms with van der Waals surface area (Å²) in [6.45, 7) is 1.79. The largest absolute Gasteiger partial charge is 0.416 e. The number of nitriles is 1. The van der Waals surface area contributed by atoms with E-state index in [1.807, 2.05) is 6.07 Å². The number of allylic oxidation sites excluding steroid dienone is 1. The van der Waals surface area contributed by atoms with Crippen LogP contribution >= 0.6 is 0 Å². The maximum Gasteiger partial charge on any atom is 0.416 e. The van der Waals surface area contributed by atoms with E-state index in [1.54, 1.807) is 24.6 Å². The molecule has 0 fully saturated rings. The Morgan fingerprint density at radius 3 is 2.57 bits per heavy atom. The Morgan fingerprint density at radius 2 is 2.00 bits per heavy atom. The van der Waals surface area contributed by atoms with Crippen LogP contribution in [0.2, 0.25) is 0 Å². The third-order valence-corrected chi connectivity index (χ3v) is 3.58.